The number of aromatic nitrogens is 1. The first kappa shape index (κ1) is 22.2. The Morgan fingerprint density at radius 1 is 0.500 bits per heavy atom. The van der Waals surface area contributed by atoms with Crippen LogP contribution >= 0.6 is 0 Å². The van der Waals surface area contributed by atoms with E-state index in [4.69, 9.17) is 0 Å². The van der Waals surface area contributed by atoms with E-state index in [0.717, 1.165) is 0 Å². The van der Waals surface area contributed by atoms with Crippen molar-refractivity contribution in [3.63, 3.8) is 0 Å². The van der Waals surface area contributed by atoms with Crippen LogP contribution in [-0.2, 0) is 5.41 Å². The third-order valence-electron chi connectivity index (χ3n) is 9.56. The van der Waals surface area contributed by atoms with Gasteiger partial charge in [-0.2, -0.15) is 0 Å². The third kappa shape index (κ3) is 2.72. The number of benzene rings is 6. The van der Waals surface area contributed by atoms with Crippen molar-refractivity contribution in [1.82, 2.24) is 4.40 Å². The van der Waals surface area contributed by atoms with Crippen LogP contribution in [0.2, 0.25) is 0 Å². The number of hydrogen-bond acceptors (Lipinski definition) is 0. The topological polar surface area (TPSA) is 4.41 Å². The van der Waals surface area contributed by atoms with Crippen LogP contribution < -0.4 is 0 Å². The van der Waals surface area contributed by atoms with Gasteiger partial charge in [0.15, 0.2) is 0 Å². The molecule has 0 unspecified atom stereocenters. The average molecular weight is 512 g/mol. The van der Waals surface area contributed by atoms with Gasteiger partial charge in [0.1, 0.15) is 0 Å². The average Bonchev–Trinajstić information content (AvgIpc) is 3.53. The van der Waals surface area contributed by atoms with Crippen molar-refractivity contribution in [2.45, 2.75) is 33.1 Å². The Bertz CT molecular complexity index is 2350. The Labute approximate surface area is 233 Å². The first-order valence-corrected chi connectivity index (χ1v) is 14.3. The molecule has 1 aliphatic rings. The lowest BCUT2D eigenvalue weighted by atomic mass is 9.81. The molecule has 0 atom stereocenters. The standard InChI is InChI=1S/C39H29N/c1-22-10-12-28-30-16-26-17-31-33-19-25(24-8-6-5-7-9-24)18-32-29-13-11-23(2)15-36(29)40(38(32)33)37(31)21-27(26)20-35(30)39(3,4)34(28)14-22/h5-21H,1-4H3. The SMILES string of the molecule is Cc1ccc2c(c1)C(C)(C)c1cc3cc4c(cc3cc1-2)c1cc(-c2ccccc2)cc2c3ccc(C)cc3n4c21. The van der Waals surface area contributed by atoms with Gasteiger partial charge in [0, 0.05) is 27.0 Å². The van der Waals surface area contributed by atoms with Crippen LogP contribution in [0.4, 0.5) is 0 Å². The summed E-state index contributed by atoms with van der Waals surface area (Å²) in [6, 6.07) is 39.3. The lowest BCUT2D eigenvalue weighted by molar-refractivity contribution is 0.660. The molecule has 0 saturated carbocycles. The Morgan fingerprint density at radius 3 is 2.00 bits per heavy atom. The largest absolute Gasteiger partial charge is 0.308 e. The zero-order chi connectivity index (χ0) is 26.9. The highest BCUT2D eigenvalue weighted by Crippen LogP contribution is 2.51. The van der Waals surface area contributed by atoms with Crippen molar-refractivity contribution in [3.8, 4) is 22.3 Å². The van der Waals surface area contributed by atoms with Crippen molar-refractivity contribution in [3.05, 3.63) is 125 Å². The Balaban J connectivity index is 1.43. The molecule has 0 saturated heterocycles. The van der Waals surface area contributed by atoms with Crippen molar-refractivity contribution in [2.24, 2.45) is 0 Å². The molecule has 0 aliphatic heterocycles. The van der Waals surface area contributed by atoms with E-state index in [-0.39, 0.29) is 5.41 Å². The molecule has 0 amide bonds. The Kier molecular flexibility index (Phi) is 4.06. The number of hydrogen-bond donors (Lipinski definition) is 0. The molecular formula is C39H29N. The van der Waals surface area contributed by atoms with E-state index < -0.39 is 0 Å². The van der Waals surface area contributed by atoms with E-state index >= 15 is 0 Å². The smallest absolute Gasteiger partial charge is 0.0620 e. The van der Waals surface area contributed by atoms with E-state index in [2.05, 4.69) is 135 Å². The molecule has 1 nitrogen and oxygen atoms in total. The number of rotatable bonds is 1. The summed E-state index contributed by atoms with van der Waals surface area (Å²) in [7, 11) is 0. The summed E-state index contributed by atoms with van der Waals surface area (Å²) in [4.78, 5) is 0. The van der Waals surface area contributed by atoms with E-state index in [1.807, 2.05) is 0 Å². The van der Waals surface area contributed by atoms with Crippen LogP contribution in [0, 0.1) is 13.8 Å². The van der Waals surface area contributed by atoms with Crippen LogP contribution in [0.25, 0.3) is 71.1 Å². The number of fused-ring (bicyclic) bond motifs is 10. The Hall–Kier alpha value is -4.62. The lowest BCUT2D eigenvalue weighted by Crippen LogP contribution is -2.15. The second kappa shape index (κ2) is 7.31. The van der Waals surface area contributed by atoms with Crippen LogP contribution in [-0.4, -0.2) is 4.40 Å². The molecule has 1 heteroatoms. The minimum absolute atomic E-state index is 0.0119. The molecule has 8 aromatic rings. The minimum Gasteiger partial charge on any atom is -0.308 e. The maximum Gasteiger partial charge on any atom is 0.0620 e. The molecule has 6 aromatic carbocycles. The van der Waals surface area contributed by atoms with Gasteiger partial charge in [0.2, 0.25) is 0 Å². The molecule has 2 heterocycles. The molecule has 0 bridgehead atoms. The van der Waals surface area contributed by atoms with E-state index in [0.29, 0.717) is 0 Å². The maximum absolute atomic E-state index is 2.52. The second-order valence-corrected chi connectivity index (χ2v) is 12.4. The van der Waals surface area contributed by atoms with Crippen LogP contribution in [0.15, 0.2) is 103 Å². The molecule has 40 heavy (non-hydrogen) atoms. The molecule has 190 valence electrons. The van der Waals surface area contributed by atoms with Crippen LogP contribution in [0.3, 0.4) is 0 Å². The van der Waals surface area contributed by atoms with Crippen molar-refractivity contribution < 1.29 is 0 Å². The summed E-state index contributed by atoms with van der Waals surface area (Å²) in [6.45, 7) is 9.15. The van der Waals surface area contributed by atoms with Gasteiger partial charge in [0.05, 0.1) is 16.6 Å². The van der Waals surface area contributed by atoms with Gasteiger partial charge in [-0.3, -0.25) is 0 Å². The quantitative estimate of drug-likeness (QED) is 0.206. The first-order chi connectivity index (χ1) is 19.4. The second-order valence-electron chi connectivity index (χ2n) is 12.4. The molecule has 2 aromatic heterocycles. The molecule has 0 fully saturated rings. The highest BCUT2D eigenvalue weighted by atomic mass is 14.9. The maximum atomic E-state index is 2.52. The van der Waals surface area contributed by atoms with Gasteiger partial charge in [-0.05, 0) is 106 Å². The van der Waals surface area contributed by atoms with Crippen molar-refractivity contribution in [1.29, 1.82) is 0 Å². The van der Waals surface area contributed by atoms with E-state index in [1.165, 1.54) is 93.4 Å². The molecule has 9 rings (SSSR count). The summed E-state index contributed by atoms with van der Waals surface area (Å²) in [6.07, 6.45) is 0. The van der Waals surface area contributed by atoms with E-state index in [1.54, 1.807) is 0 Å². The predicted molar refractivity (Wildman–Crippen MR) is 171 cm³/mol. The highest BCUT2D eigenvalue weighted by molar-refractivity contribution is 6.26. The van der Waals surface area contributed by atoms with Crippen LogP contribution in [0.5, 0.6) is 0 Å². The van der Waals surface area contributed by atoms with Crippen molar-refractivity contribution in [2.75, 3.05) is 0 Å². The van der Waals surface area contributed by atoms with Gasteiger partial charge < -0.3 is 4.40 Å². The fourth-order valence-electron chi connectivity index (χ4n) is 7.54. The third-order valence-corrected chi connectivity index (χ3v) is 9.56. The molecular weight excluding hydrogens is 482 g/mol. The van der Waals surface area contributed by atoms with Gasteiger partial charge in [-0.1, -0.05) is 80.1 Å². The number of aryl methyl sites for hydroxylation is 2. The monoisotopic (exact) mass is 511 g/mol. The van der Waals surface area contributed by atoms with Crippen LogP contribution in [0.1, 0.15) is 36.1 Å². The molecule has 0 N–H and O–H groups in total. The summed E-state index contributed by atoms with van der Waals surface area (Å²) in [5.74, 6) is 0. The predicted octanol–water partition coefficient (Wildman–Crippen LogP) is 10.6. The summed E-state index contributed by atoms with van der Waals surface area (Å²) in [5.41, 5.74) is 14.7. The molecule has 0 spiro atoms. The van der Waals surface area contributed by atoms with Gasteiger partial charge in [-0.15, -0.1) is 0 Å². The number of nitrogens with zero attached hydrogens (tertiary/aromatic N) is 1. The highest BCUT2D eigenvalue weighted by Gasteiger charge is 2.35. The fraction of sp³-hybridized carbons (Fsp3) is 0.128. The van der Waals surface area contributed by atoms with Gasteiger partial charge in [-0.25, -0.2) is 0 Å². The molecule has 1 aliphatic carbocycles. The minimum atomic E-state index is -0.0119. The summed E-state index contributed by atoms with van der Waals surface area (Å²) >= 11 is 0. The molecule has 0 radical (unpaired) electrons. The zero-order valence-corrected chi connectivity index (χ0v) is 23.3. The first-order valence-electron chi connectivity index (χ1n) is 14.3. The lowest BCUT2D eigenvalue weighted by Gasteiger charge is -2.22. The fourth-order valence-corrected chi connectivity index (χ4v) is 7.54. The normalized spacial score (nSPS) is 14.2. The van der Waals surface area contributed by atoms with Gasteiger partial charge >= 0.3 is 0 Å². The Morgan fingerprint density at radius 2 is 1.18 bits per heavy atom. The van der Waals surface area contributed by atoms with E-state index in [9.17, 15) is 0 Å². The van der Waals surface area contributed by atoms with Gasteiger partial charge in [0.25, 0.3) is 0 Å². The summed E-state index contributed by atoms with van der Waals surface area (Å²) in [5, 5.41) is 7.94. The zero-order valence-electron chi connectivity index (χ0n) is 23.3. The van der Waals surface area contributed by atoms with Crippen molar-refractivity contribution >= 4 is 48.9 Å². The summed E-state index contributed by atoms with van der Waals surface area (Å²) < 4.78 is 2.52.